The zero-order valence-electron chi connectivity index (χ0n) is 12.2. The van der Waals surface area contributed by atoms with Crippen LogP contribution in [0, 0.1) is 17.8 Å². The minimum Gasteiger partial charge on any atom is -0.342 e. The van der Waals surface area contributed by atoms with Crippen molar-refractivity contribution in [3.63, 3.8) is 0 Å². The first-order chi connectivity index (χ1) is 9.08. The summed E-state index contributed by atoms with van der Waals surface area (Å²) in [7, 11) is 4.15. The number of nitrogens with two attached hydrogens (primary N) is 1. The van der Waals surface area contributed by atoms with E-state index in [1.807, 2.05) is 11.9 Å². The van der Waals surface area contributed by atoms with Gasteiger partial charge in [-0.25, -0.2) is 0 Å². The molecule has 3 rings (SSSR count). The molecule has 19 heavy (non-hydrogen) atoms. The van der Waals surface area contributed by atoms with Gasteiger partial charge in [-0.2, -0.15) is 0 Å². The molecule has 2 saturated carbocycles. The summed E-state index contributed by atoms with van der Waals surface area (Å²) in [6.07, 6.45) is 5.87. The van der Waals surface area contributed by atoms with E-state index in [9.17, 15) is 4.79 Å². The fraction of sp³-hybridized carbons (Fsp3) is 0.933. The third-order valence-electron chi connectivity index (χ3n) is 5.85. The molecule has 4 unspecified atom stereocenters. The van der Waals surface area contributed by atoms with E-state index >= 15 is 0 Å². The smallest absolute Gasteiger partial charge is 0.227 e. The molecule has 1 aliphatic heterocycles. The van der Waals surface area contributed by atoms with Gasteiger partial charge < -0.3 is 15.5 Å². The largest absolute Gasteiger partial charge is 0.342 e. The molecule has 0 spiro atoms. The molecule has 108 valence electrons. The number of rotatable bonds is 2. The fourth-order valence-corrected chi connectivity index (χ4v) is 4.50. The Labute approximate surface area is 116 Å². The summed E-state index contributed by atoms with van der Waals surface area (Å²) in [6, 6.07) is 0.551. The van der Waals surface area contributed by atoms with Gasteiger partial charge in [0, 0.05) is 19.1 Å². The maximum absolute atomic E-state index is 12.8. The van der Waals surface area contributed by atoms with E-state index in [1.54, 1.807) is 0 Å². The van der Waals surface area contributed by atoms with Gasteiger partial charge in [0.2, 0.25) is 5.91 Å². The minimum atomic E-state index is 0.114. The third kappa shape index (κ3) is 2.29. The molecule has 0 aromatic rings. The number of fused-ring (bicyclic) bond motifs is 2. The SMILES string of the molecule is CN1CCC(N(C)C(=O)C2C3CCC(C3)C2N)CC1. The maximum atomic E-state index is 12.8. The van der Waals surface area contributed by atoms with Crippen LogP contribution in [0.15, 0.2) is 0 Å². The van der Waals surface area contributed by atoms with Gasteiger partial charge in [0.15, 0.2) is 0 Å². The van der Waals surface area contributed by atoms with Crippen molar-refractivity contribution in [2.24, 2.45) is 23.5 Å². The number of nitrogens with zero attached hydrogens (tertiary/aromatic N) is 2. The highest BCUT2D eigenvalue weighted by Gasteiger charge is 2.50. The second kappa shape index (κ2) is 5.06. The van der Waals surface area contributed by atoms with Crippen molar-refractivity contribution in [2.75, 3.05) is 27.2 Å². The van der Waals surface area contributed by atoms with Crippen LogP contribution >= 0.6 is 0 Å². The normalized spacial score (nSPS) is 39.7. The molecule has 1 saturated heterocycles. The number of likely N-dealkylation sites (tertiary alicyclic amines) is 1. The Morgan fingerprint density at radius 2 is 1.79 bits per heavy atom. The molecule has 2 aliphatic carbocycles. The fourth-order valence-electron chi connectivity index (χ4n) is 4.50. The number of piperidine rings is 1. The first-order valence-corrected chi connectivity index (χ1v) is 7.78. The molecule has 0 radical (unpaired) electrons. The summed E-state index contributed by atoms with van der Waals surface area (Å²) in [5, 5.41) is 0. The molecule has 4 nitrogen and oxygen atoms in total. The van der Waals surface area contributed by atoms with Crippen LogP contribution in [0.2, 0.25) is 0 Å². The van der Waals surface area contributed by atoms with Crippen molar-refractivity contribution in [1.29, 1.82) is 0 Å². The molecule has 1 amide bonds. The van der Waals surface area contributed by atoms with Crippen molar-refractivity contribution in [1.82, 2.24) is 9.80 Å². The lowest BCUT2D eigenvalue weighted by molar-refractivity contribution is -0.139. The Balaban J connectivity index is 1.63. The van der Waals surface area contributed by atoms with Gasteiger partial charge >= 0.3 is 0 Å². The van der Waals surface area contributed by atoms with E-state index < -0.39 is 0 Å². The minimum absolute atomic E-state index is 0.114. The van der Waals surface area contributed by atoms with E-state index in [4.69, 9.17) is 5.73 Å². The third-order valence-corrected chi connectivity index (χ3v) is 5.85. The molecule has 2 N–H and O–H groups in total. The Kier molecular flexibility index (Phi) is 3.56. The predicted molar refractivity (Wildman–Crippen MR) is 75.6 cm³/mol. The van der Waals surface area contributed by atoms with Crippen LogP contribution in [0.5, 0.6) is 0 Å². The van der Waals surface area contributed by atoms with Crippen molar-refractivity contribution < 1.29 is 4.79 Å². The van der Waals surface area contributed by atoms with Crippen molar-refractivity contribution in [3.05, 3.63) is 0 Å². The highest BCUT2D eigenvalue weighted by molar-refractivity contribution is 5.80. The second-order valence-electron chi connectivity index (χ2n) is 6.92. The zero-order chi connectivity index (χ0) is 13.6. The van der Waals surface area contributed by atoms with Gasteiger partial charge in [-0.3, -0.25) is 4.79 Å². The summed E-state index contributed by atoms with van der Waals surface area (Å²) in [5.74, 6) is 1.63. The number of amides is 1. The first kappa shape index (κ1) is 13.4. The Morgan fingerprint density at radius 3 is 2.37 bits per heavy atom. The van der Waals surface area contributed by atoms with E-state index in [-0.39, 0.29) is 12.0 Å². The van der Waals surface area contributed by atoms with Crippen molar-refractivity contribution >= 4 is 5.91 Å². The quantitative estimate of drug-likeness (QED) is 0.807. The van der Waals surface area contributed by atoms with Crippen LogP contribution in [-0.2, 0) is 4.79 Å². The summed E-state index contributed by atoms with van der Waals surface area (Å²) in [5.41, 5.74) is 6.30. The molecule has 0 aromatic carbocycles. The Bertz CT molecular complexity index is 349. The topological polar surface area (TPSA) is 49.6 Å². The lowest BCUT2D eigenvalue weighted by Crippen LogP contribution is -2.51. The standard InChI is InChI=1S/C15H27N3O/c1-17-7-5-12(6-8-17)18(2)15(19)13-10-3-4-11(9-10)14(13)16/h10-14H,3-9,16H2,1-2H3. The molecule has 4 atom stereocenters. The molecule has 3 aliphatic rings. The Hall–Kier alpha value is -0.610. The number of hydrogen-bond donors (Lipinski definition) is 1. The molecule has 3 fully saturated rings. The summed E-state index contributed by atoms with van der Waals surface area (Å²) in [4.78, 5) is 17.1. The highest BCUT2D eigenvalue weighted by Crippen LogP contribution is 2.48. The van der Waals surface area contributed by atoms with Crippen LogP contribution in [0.25, 0.3) is 0 Å². The number of carbonyl (C=O) groups excluding carboxylic acids is 1. The van der Waals surface area contributed by atoms with Gasteiger partial charge in [-0.05, 0) is 64.1 Å². The van der Waals surface area contributed by atoms with Gasteiger partial charge in [-0.15, -0.1) is 0 Å². The summed E-state index contributed by atoms with van der Waals surface area (Å²) in [6.45, 7) is 2.20. The van der Waals surface area contributed by atoms with Gasteiger partial charge in [0.25, 0.3) is 0 Å². The lowest BCUT2D eigenvalue weighted by atomic mass is 9.83. The average Bonchev–Trinajstić information content (AvgIpc) is 2.99. The van der Waals surface area contributed by atoms with E-state index in [0.29, 0.717) is 23.8 Å². The van der Waals surface area contributed by atoms with Gasteiger partial charge in [-0.1, -0.05) is 0 Å². The van der Waals surface area contributed by atoms with E-state index in [2.05, 4.69) is 11.9 Å². The summed E-state index contributed by atoms with van der Waals surface area (Å²) < 4.78 is 0. The van der Waals surface area contributed by atoms with Crippen LogP contribution in [0.3, 0.4) is 0 Å². The van der Waals surface area contributed by atoms with Crippen LogP contribution in [0.4, 0.5) is 0 Å². The molecule has 1 heterocycles. The van der Waals surface area contributed by atoms with Crippen LogP contribution < -0.4 is 5.73 Å². The second-order valence-corrected chi connectivity index (χ2v) is 6.92. The predicted octanol–water partition coefficient (Wildman–Crippen LogP) is 0.912. The zero-order valence-corrected chi connectivity index (χ0v) is 12.2. The van der Waals surface area contributed by atoms with Crippen molar-refractivity contribution in [3.8, 4) is 0 Å². The van der Waals surface area contributed by atoms with E-state index in [1.165, 1.54) is 19.3 Å². The molecule has 2 bridgehead atoms. The molecular formula is C15H27N3O. The lowest BCUT2D eigenvalue weighted by Gasteiger charge is -2.38. The monoisotopic (exact) mass is 265 g/mol. The molecule has 4 heteroatoms. The van der Waals surface area contributed by atoms with Gasteiger partial charge in [0.1, 0.15) is 0 Å². The van der Waals surface area contributed by atoms with E-state index in [0.717, 1.165) is 25.9 Å². The Morgan fingerprint density at radius 1 is 1.16 bits per heavy atom. The first-order valence-electron chi connectivity index (χ1n) is 7.78. The number of carbonyl (C=O) groups is 1. The molecular weight excluding hydrogens is 238 g/mol. The average molecular weight is 265 g/mol. The highest BCUT2D eigenvalue weighted by atomic mass is 16.2. The number of hydrogen-bond acceptors (Lipinski definition) is 3. The van der Waals surface area contributed by atoms with Crippen LogP contribution in [0.1, 0.15) is 32.1 Å². The van der Waals surface area contributed by atoms with Crippen LogP contribution in [-0.4, -0.2) is 55.0 Å². The van der Waals surface area contributed by atoms with Crippen molar-refractivity contribution in [2.45, 2.75) is 44.2 Å². The summed E-state index contributed by atoms with van der Waals surface area (Å²) >= 11 is 0. The molecule has 0 aromatic heterocycles. The van der Waals surface area contributed by atoms with Gasteiger partial charge in [0.05, 0.1) is 5.92 Å². The maximum Gasteiger partial charge on any atom is 0.227 e.